The topological polar surface area (TPSA) is 37.3 Å². The van der Waals surface area contributed by atoms with Gasteiger partial charge in [0, 0.05) is 6.08 Å². The molecule has 0 aliphatic heterocycles. The molecule has 0 saturated carbocycles. The summed E-state index contributed by atoms with van der Waals surface area (Å²) in [6.07, 6.45) is 7.28. The third-order valence-electron chi connectivity index (χ3n) is 3.80. The van der Waals surface area contributed by atoms with Crippen LogP contribution in [0, 0.1) is 0 Å². The number of carboxylic acid groups (broad SMARTS) is 1. The highest BCUT2D eigenvalue weighted by Crippen LogP contribution is 2.33. The normalized spacial score (nSPS) is 14.3. The number of carbonyl (C=O) groups is 1. The molecule has 2 heteroatoms. The molecule has 1 aliphatic rings. The van der Waals surface area contributed by atoms with Gasteiger partial charge < -0.3 is 5.11 Å². The van der Waals surface area contributed by atoms with Crippen LogP contribution < -0.4 is 0 Å². The van der Waals surface area contributed by atoms with Crippen LogP contribution in [0.15, 0.2) is 48.1 Å². The molecular weight excluding hydrogens is 248 g/mol. The van der Waals surface area contributed by atoms with E-state index in [4.69, 9.17) is 5.11 Å². The van der Waals surface area contributed by atoms with Crippen molar-refractivity contribution in [1.29, 1.82) is 0 Å². The maximum Gasteiger partial charge on any atom is 0.328 e. The fourth-order valence-electron chi connectivity index (χ4n) is 2.91. The van der Waals surface area contributed by atoms with Crippen LogP contribution in [0.5, 0.6) is 0 Å². The Balaban J connectivity index is 2.03. The van der Waals surface area contributed by atoms with E-state index in [9.17, 15) is 4.79 Å². The van der Waals surface area contributed by atoms with Gasteiger partial charge in [0.05, 0.1) is 0 Å². The van der Waals surface area contributed by atoms with Crippen LogP contribution in [-0.4, -0.2) is 11.1 Å². The highest BCUT2D eigenvalue weighted by Gasteiger charge is 2.15. The minimum atomic E-state index is -0.905. The van der Waals surface area contributed by atoms with Crippen molar-refractivity contribution in [2.75, 3.05) is 0 Å². The Morgan fingerprint density at radius 1 is 1.20 bits per heavy atom. The fourth-order valence-corrected chi connectivity index (χ4v) is 2.91. The zero-order chi connectivity index (χ0) is 14.1. The molecule has 1 N–H and O–H groups in total. The van der Waals surface area contributed by atoms with Crippen LogP contribution in [0.2, 0.25) is 0 Å². The zero-order valence-electron chi connectivity index (χ0n) is 11.4. The molecule has 0 spiro atoms. The van der Waals surface area contributed by atoms with Crippen molar-refractivity contribution in [2.24, 2.45) is 0 Å². The summed E-state index contributed by atoms with van der Waals surface area (Å²) in [4.78, 5) is 10.6. The van der Waals surface area contributed by atoms with E-state index in [0.29, 0.717) is 0 Å². The van der Waals surface area contributed by atoms with Crippen LogP contribution in [0.3, 0.4) is 0 Å². The summed E-state index contributed by atoms with van der Waals surface area (Å²) in [7, 11) is 0. The predicted octanol–water partition coefficient (Wildman–Crippen LogP) is 3.98. The van der Waals surface area contributed by atoms with E-state index >= 15 is 0 Å². The van der Waals surface area contributed by atoms with Gasteiger partial charge in [-0.15, -0.1) is 0 Å². The van der Waals surface area contributed by atoms with Crippen LogP contribution >= 0.6 is 0 Å². The second-order valence-electron chi connectivity index (χ2n) is 5.21. The third kappa shape index (κ3) is 2.25. The molecule has 0 atom stereocenters. The Morgan fingerprint density at radius 2 is 2.05 bits per heavy atom. The van der Waals surface area contributed by atoms with E-state index in [1.165, 1.54) is 33.5 Å². The van der Waals surface area contributed by atoms with Gasteiger partial charge in [-0.1, -0.05) is 42.5 Å². The predicted molar refractivity (Wildman–Crippen MR) is 81.8 cm³/mol. The summed E-state index contributed by atoms with van der Waals surface area (Å²) in [5.41, 5.74) is 4.75. The Labute approximate surface area is 118 Å². The molecule has 0 fully saturated rings. The van der Waals surface area contributed by atoms with E-state index in [1.807, 2.05) is 12.2 Å². The number of benzene rings is 2. The lowest BCUT2D eigenvalue weighted by molar-refractivity contribution is -0.131. The molecule has 2 nitrogen and oxygen atoms in total. The van der Waals surface area contributed by atoms with Gasteiger partial charge in [0.15, 0.2) is 0 Å². The summed E-state index contributed by atoms with van der Waals surface area (Å²) in [5, 5.41) is 11.4. The molecule has 0 bridgehead atoms. The van der Waals surface area contributed by atoms with Gasteiger partial charge >= 0.3 is 5.97 Å². The monoisotopic (exact) mass is 264 g/mol. The summed E-state index contributed by atoms with van der Waals surface area (Å²) >= 11 is 0. The minimum absolute atomic E-state index is 0.746. The Morgan fingerprint density at radius 3 is 2.85 bits per heavy atom. The Kier molecular flexibility index (Phi) is 3.15. The lowest BCUT2D eigenvalue weighted by Crippen LogP contribution is -1.88. The summed E-state index contributed by atoms with van der Waals surface area (Å²) in [6.45, 7) is 1.80. The number of aliphatic carboxylic acids is 1. The fraction of sp³-hybridized carbons (Fsp3) is 0.167. The van der Waals surface area contributed by atoms with Crippen molar-refractivity contribution >= 4 is 22.8 Å². The highest BCUT2D eigenvalue weighted by atomic mass is 16.4. The van der Waals surface area contributed by atoms with E-state index in [-0.39, 0.29) is 0 Å². The molecule has 3 rings (SSSR count). The number of hydrogen-bond acceptors (Lipinski definition) is 1. The van der Waals surface area contributed by atoms with Crippen molar-refractivity contribution in [3.05, 3.63) is 64.7 Å². The largest absolute Gasteiger partial charge is 0.478 e. The molecule has 0 aromatic heterocycles. The molecule has 0 saturated heterocycles. The standard InChI is InChI=1S/C18H16O2/c1-12(11-17(19)20)5-6-13-7-8-14-3-2-4-15-9-10-16(13)18(14)15/h2-8,11H,9-10H2,1H3,(H,19,20). The molecule has 0 amide bonds. The molecule has 0 unspecified atom stereocenters. The van der Waals surface area contributed by atoms with Crippen LogP contribution in [0.1, 0.15) is 23.6 Å². The van der Waals surface area contributed by atoms with Crippen LogP contribution in [-0.2, 0) is 17.6 Å². The number of carboxylic acids is 1. The molecule has 2 aromatic carbocycles. The molecule has 20 heavy (non-hydrogen) atoms. The van der Waals surface area contributed by atoms with Gasteiger partial charge in [-0.2, -0.15) is 0 Å². The second kappa shape index (κ2) is 4.97. The van der Waals surface area contributed by atoms with E-state index in [0.717, 1.165) is 18.4 Å². The Bertz CT molecular complexity index is 751. The molecule has 1 aliphatic carbocycles. The van der Waals surface area contributed by atoms with Gasteiger partial charge in [0.2, 0.25) is 0 Å². The van der Waals surface area contributed by atoms with Crippen molar-refractivity contribution in [3.8, 4) is 0 Å². The number of aryl methyl sites for hydroxylation is 2. The maximum atomic E-state index is 10.6. The SMILES string of the molecule is CC(C=Cc1ccc2cccc3c2c1CC3)=CC(=O)O. The first-order valence-corrected chi connectivity index (χ1v) is 6.78. The number of hydrogen-bond donors (Lipinski definition) is 1. The van der Waals surface area contributed by atoms with E-state index in [1.54, 1.807) is 6.92 Å². The van der Waals surface area contributed by atoms with Crippen molar-refractivity contribution in [1.82, 2.24) is 0 Å². The van der Waals surface area contributed by atoms with Gasteiger partial charge in [0.1, 0.15) is 0 Å². The van der Waals surface area contributed by atoms with Crippen LogP contribution in [0.25, 0.3) is 16.8 Å². The minimum Gasteiger partial charge on any atom is -0.478 e. The van der Waals surface area contributed by atoms with Gasteiger partial charge in [0.25, 0.3) is 0 Å². The first-order valence-electron chi connectivity index (χ1n) is 6.78. The van der Waals surface area contributed by atoms with Crippen molar-refractivity contribution < 1.29 is 9.90 Å². The average molecular weight is 264 g/mol. The molecule has 0 heterocycles. The van der Waals surface area contributed by atoms with Crippen molar-refractivity contribution in [2.45, 2.75) is 19.8 Å². The highest BCUT2D eigenvalue weighted by molar-refractivity contribution is 5.93. The number of rotatable bonds is 3. The quantitative estimate of drug-likeness (QED) is 0.672. The molecular formula is C18H16O2. The van der Waals surface area contributed by atoms with Gasteiger partial charge in [-0.3, -0.25) is 0 Å². The van der Waals surface area contributed by atoms with Crippen LogP contribution in [0.4, 0.5) is 0 Å². The first kappa shape index (κ1) is 12.7. The van der Waals surface area contributed by atoms with Gasteiger partial charge in [-0.25, -0.2) is 4.79 Å². The summed E-state index contributed by atoms with van der Waals surface area (Å²) < 4.78 is 0. The Hall–Kier alpha value is -2.35. The zero-order valence-corrected chi connectivity index (χ0v) is 11.4. The van der Waals surface area contributed by atoms with E-state index < -0.39 is 5.97 Å². The average Bonchev–Trinajstić information content (AvgIpc) is 2.84. The summed E-state index contributed by atoms with van der Waals surface area (Å²) in [6, 6.07) is 10.7. The molecule has 100 valence electrons. The lowest BCUT2D eigenvalue weighted by Gasteiger charge is -2.05. The van der Waals surface area contributed by atoms with Gasteiger partial charge in [-0.05, 0) is 52.8 Å². The smallest absolute Gasteiger partial charge is 0.328 e. The van der Waals surface area contributed by atoms with Crippen molar-refractivity contribution in [3.63, 3.8) is 0 Å². The molecule has 2 aromatic rings. The van der Waals surface area contributed by atoms with E-state index in [2.05, 4.69) is 30.3 Å². The maximum absolute atomic E-state index is 10.6. The lowest BCUT2D eigenvalue weighted by atomic mass is 9.99. The second-order valence-corrected chi connectivity index (χ2v) is 5.21. The third-order valence-corrected chi connectivity index (χ3v) is 3.80. The molecule has 0 radical (unpaired) electrons. The number of allylic oxidation sites excluding steroid dienone is 2. The first-order chi connectivity index (χ1) is 9.65. The summed E-state index contributed by atoms with van der Waals surface area (Å²) in [5.74, 6) is -0.905.